The van der Waals surface area contributed by atoms with Gasteiger partial charge in [0.15, 0.2) is 0 Å². The predicted molar refractivity (Wildman–Crippen MR) is 56.8 cm³/mol. The van der Waals surface area contributed by atoms with Crippen LogP contribution < -0.4 is 5.32 Å². The van der Waals surface area contributed by atoms with Crippen molar-refractivity contribution in [3.05, 3.63) is 29.6 Å². The quantitative estimate of drug-likeness (QED) is 0.660. The molecule has 0 aliphatic heterocycles. The van der Waals surface area contributed by atoms with Crippen LogP contribution in [0.25, 0.3) is 0 Å². The van der Waals surface area contributed by atoms with Crippen LogP contribution in [0.5, 0.6) is 0 Å². The maximum absolute atomic E-state index is 13.0. The van der Waals surface area contributed by atoms with Crippen molar-refractivity contribution in [3.63, 3.8) is 0 Å². The molecule has 19 heavy (non-hydrogen) atoms. The van der Waals surface area contributed by atoms with E-state index in [2.05, 4.69) is 0 Å². The Morgan fingerprint density at radius 2 is 1.89 bits per heavy atom. The van der Waals surface area contributed by atoms with E-state index in [0.717, 1.165) is 13.0 Å². The normalized spacial score (nSPS) is 12.9. The number of carbonyl (C=O) groups is 2. The molecule has 1 amide bonds. The summed E-state index contributed by atoms with van der Waals surface area (Å²) >= 11 is 0. The van der Waals surface area contributed by atoms with E-state index in [-0.39, 0.29) is 5.69 Å². The number of rotatable bonds is 3. The van der Waals surface area contributed by atoms with Gasteiger partial charge in [-0.3, -0.25) is 9.59 Å². The van der Waals surface area contributed by atoms with Gasteiger partial charge in [0.1, 0.15) is 11.7 Å². The number of hydrogen-bond acceptors (Lipinski definition) is 2. The number of carboxylic acids is 1. The number of amides is 1. The smallest absolute Gasteiger partial charge is 0.419 e. The number of nitrogens with one attached hydrogen (secondary N) is 1. The molecule has 0 aliphatic carbocycles. The molecule has 1 aromatic rings. The maximum Gasteiger partial charge on any atom is 0.419 e. The summed E-state index contributed by atoms with van der Waals surface area (Å²) < 4.78 is 50.2. The summed E-state index contributed by atoms with van der Waals surface area (Å²) in [6, 6.07) is 1.86. The minimum atomic E-state index is -4.90. The SMILES string of the molecule is CC(C(=O)O)C(=O)Nc1ccc(F)c(C(F)(F)F)c1. The molecule has 0 fully saturated rings. The van der Waals surface area contributed by atoms with E-state index in [0.29, 0.717) is 12.1 Å². The summed E-state index contributed by atoms with van der Waals surface area (Å²) in [5.74, 6) is -5.32. The zero-order chi connectivity index (χ0) is 14.8. The largest absolute Gasteiger partial charge is 0.481 e. The molecular formula is C11H9F4NO3. The van der Waals surface area contributed by atoms with Crippen LogP contribution in [0, 0.1) is 11.7 Å². The van der Waals surface area contributed by atoms with Gasteiger partial charge in [0.2, 0.25) is 5.91 Å². The minimum absolute atomic E-state index is 0.327. The van der Waals surface area contributed by atoms with Gasteiger partial charge in [0, 0.05) is 5.69 Å². The van der Waals surface area contributed by atoms with Gasteiger partial charge in [0.25, 0.3) is 0 Å². The van der Waals surface area contributed by atoms with Crippen LogP contribution in [0.3, 0.4) is 0 Å². The molecular weight excluding hydrogens is 270 g/mol. The van der Waals surface area contributed by atoms with Crippen LogP contribution in [0.4, 0.5) is 23.2 Å². The maximum atomic E-state index is 13.0. The third-order valence-corrected chi connectivity index (χ3v) is 2.30. The van der Waals surface area contributed by atoms with Crippen molar-refractivity contribution in [2.75, 3.05) is 5.32 Å². The van der Waals surface area contributed by atoms with Crippen molar-refractivity contribution in [2.45, 2.75) is 13.1 Å². The van der Waals surface area contributed by atoms with Gasteiger partial charge in [0.05, 0.1) is 5.56 Å². The summed E-state index contributed by atoms with van der Waals surface area (Å²) in [7, 11) is 0. The fourth-order valence-corrected chi connectivity index (χ4v) is 1.18. The molecule has 1 aromatic carbocycles. The summed E-state index contributed by atoms with van der Waals surface area (Å²) in [5.41, 5.74) is -1.86. The van der Waals surface area contributed by atoms with Crippen molar-refractivity contribution in [1.29, 1.82) is 0 Å². The molecule has 0 spiro atoms. The van der Waals surface area contributed by atoms with Gasteiger partial charge in [-0.1, -0.05) is 0 Å². The van der Waals surface area contributed by atoms with Crippen molar-refractivity contribution in [2.24, 2.45) is 5.92 Å². The number of hydrogen-bond donors (Lipinski definition) is 2. The Morgan fingerprint density at radius 3 is 2.37 bits per heavy atom. The highest BCUT2D eigenvalue weighted by Gasteiger charge is 2.34. The van der Waals surface area contributed by atoms with Gasteiger partial charge in [-0.15, -0.1) is 0 Å². The lowest BCUT2D eigenvalue weighted by Gasteiger charge is -2.12. The summed E-state index contributed by atoms with van der Waals surface area (Å²) in [6.45, 7) is 1.08. The number of halogens is 4. The Morgan fingerprint density at radius 1 is 1.32 bits per heavy atom. The molecule has 1 atom stereocenters. The fourth-order valence-electron chi connectivity index (χ4n) is 1.18. The van der Waals surface area contributed by atoms with Crippen LogP contribution in [0.1, 0.15) is 12.5 Å². The Labute approximate surface area is 105 Å². The van der Waals surface area contributed by atoms with Gasteiger partial charge in [-0.05, 0) is 25.1 Å². The summed E-state index contributed by atoms with van der Waals surface area (Å²) in [4.78, 5) is 21.8. The molecule has 0 saturated carbocycles. The highest BCUT2D eigenvalue weighted by molar-refractivity contribution is 6.03. The van der Waals surface area contributed by atoms with Crippen molar-refractivity contribution < 1.29 is 32.3 Å². The number of carbonyl (C=O) groups excluding carboxylic acids is 1. The molecule has 0 radical (unpaired) electrons. The van der Waals surface area contributed by atoms with E-state index in [1.54, 1.807) is 0 Å². The predicted octanol–water partition coefficient (Wildman–Crippen LogP) is 2.50. The van der Waals surface area contributed by atoms with Gasteiger partial charge in [-0.2, -0.15) is 13.2 Å². The second-order valence-corrected chi connectivity index (χ2v) is 3.74. The summed E-state index contributed by atoms with van der Waals surface area (Å²) in [5, 5.41) is 10.5. The van der Waals surface area contributed by atoms with E-state index in [1.807, 2.05) is 5.32 Å². The number of benzene rings is 1. The number of aliphatic carboxylic acids is 1. The van der Waals surface area contributed by atoms with E-state index in [4.69, 9.17) is 5.11 Å². The van der Waals surface area contributed by atoms with Crippen molar-refractivity contribution >= 4 is 17.6 Å². The third kappa shape index (κ3) is 3.67. The number of carboxylic acid groups (broad SMARTS) is 1. The van der Waals surface area contributed by atoms with E-state index < -0.39 is 35.4 Å². The van der Waals surface area contributed by atoms with Crippen LogP contribution >= 0.6 is 0 Å². The minimum Gasteiger partial charge on any atom is -0.481 e. The molecule has 4 nitrogen and oxygen atoms in total. The molecule has 1 unspecified atom stereocenters. The van der Waals surface area contributed by atoms with Crippen molar-refractivity contribution in [1.82, 2.24) is 0 Å². The Kier molecular flexibility index (Phi) is 4.13. The summed E-state index contributed by atoms with van der Waals surface area (Å²) in [6.07, 6.45) is -4.90. The highest BCUT2D eigenvalue weighted by atomic mass is 19.4. The zero-order valence-corrected chi connectivity index (χ0v) is 9.58. The topological polar surface area (TPSA) is 66.4 Å². The fraction of sp³-hybridized carbons (Fsp3) is 0.273. The Bertz CT molecular complexity index is 513. The monoisotopic (exact) mass is 279 g/mol. The lowest BCUT2D eigenvalue weighted by molar-refractivity contribution is -0.145. The van der Waals surface area contributed by atoms with Crippen LogP contribution in [-0.2, 0) is 15.8 Å². The van der Waals surface area contributed by atoms with Crippen LogP contribution in [0.15, 0.2) is 18.2 Å². The first kappa shape index (κ1) is 14.9. The molecule has 1 rings (SSSR count). The average molecular weight is 279 g/mol. The molecule has 0 aromatic heterocycles. The first-order valence-corrected chi connectivity index (χ1v) is 5.03. The lowest BCUT2D eigenvalue weighted by Crippen LogP contribution is -2.27. The molecule has 8 heteroatoms. The first-order chi connectivity index (χ1) is 8.62. The second-order valence-electron chi connectivity index (χ2n) is 3.74. The molecule has 104 valence electrons. The molecule has 0 saturated heterocycles. The molecule has 2 N–H and O–H groups in total. The highest BCUT2D eigenvalue weighted by Crippen LogP contribution is 2.33. The zero-order valence-electron chi connectivity index (χ0n) is 9.58. The lowest BCUT2D eigenvalue weighted by atomic mass is 10.1. The van der Waals surface area contributed by atoms with Crippen LogP contribution in [-0.4, -0.2) is 17.0 Å². The third-order valence-electron chi connectivity index (χ3n) is 2.30. The van der Waals surface area contributed by atoms with Gasteiger partial charge >= 0.3 is 12.1 Å². The first-order valence-electron chi connectivity index (χ1n) is 5.03. The second kappa shape index (κ2) is 5.25. The average Bonchev–Trinajstić information content (AvgIpc) is 2.28. The number of anilines is 1. The van der Waals surface area contributed by atoms with Crippen molar-refractivity contribution in [3.8, 4) is 0 Å². The van der Waals surface area contributed by atoms with Crippen LogP contribution in [0.2, 0.25) is 0 Å². The standard InChI is InChI=1S/C11H9F4NO3/c1-5(10(18)19)9(17)16-6-2-3-8(12)7(4-6)11(13,14)15/h2-5H,1H3,(H,16,17)(H,18,19). The molecule has 0 aliphatic rings. The number of alkyl halides is 3. The Hall–Kier alpha value is -2.12. The van der Waals surface area contributed by atoms with E-state index in [1.165, 1.54) is 0 Å². The van der Waals surface area contributed by atoms with Gasteiger partial charge < -0.3 is 10.4 Å². The van der Waals surface area contributed by atoms with E-state index >= 15 is 0 Å². The Balaban J connectivity index is 2.98. The van der Waals surface area contributed by atoms with E-state index in [9.17, 15) is 27.2 Å². The molecule has 0 heterocycles. The molecule has 0 bridgehead atoms. The van der Waals surface area contributed by atoms with Gasteiger partial charge in [-0.25, -0.2) is 4.39 Å².